The van der Waals surface area contributed by atoms with E-state index in [2.05, 4.69) is 10.6 Å². The molecule has 1 unspecified atom stereocenters. The number of rotatable bonds is 3. The highest BCUT2D eigenvalue weighted by Crippen LogP contribution is 2.06. The lowest BCUT2D eigenvalue weighted by atomic mass is 10.1. The zero-order valence-corrected chi connectivity index (χ0v) is 7.47. The molecule has 4 heteroatoms. The van der Waals surface area contributed by atoms with Crippen molar-refractivity contribution in [3.05, 3.63) is 0 Å². The van der Waals surface area contributed by atoms with Gasteiger partial charge in [0, 0.05) is 19.1 Å². The highest BCUT2D eigenvalue weighted by Gasteiger charge is 2.22. The van der Waals surface area contributed by atoms with Crippen molar-refractivity contribution in [1.82, 2.24) is 10.6 Å². The Labute approximate surface area is 72.9 Å². The van der Waals surface area contributed by atoms with Crippen LogP contribution in [-0.4, -0.2) is 31.6 Å². The van der Waals surface area contributed by atoms with Gasteiger partial charge in [-0.2, -0.15) is 0 Å². The van der Waals surface area contributed by atoms with Gasteiger partial charge in [-0.05, 0) is 19.9 Å². The van der Waals surface area contributed by atoms with Crippen LogP contribution < -0.4 is 16.4 Å². The van der Waals surface area contributed by atoms with Crippen molar-refractivity contribution in [3.8, 4) is 0 Å². The number of carbonyl (C=O) groups excluding carboxylic acids is 1. The quantitative estimate of drug-likeness (QED) is 0.513. The van der Waals surface area contributed by atoms with Crippen molar-refractivity contribution >= 4 is 5.91 Å². The Hall–Kier alpha value is -0.610. The summed E-state index contributed by atoms with van der Waals surface area (Å²) < 4.78 is 0. The molecule has 0 aromatic heterocycles. The first-order chi connectivity index (χ1) is 5.74. The maximum Gasteiger partial charge on any atom is 0.224 e. The molecule has 0 saturated carbocycles. The molecule has 1 fully saturated rings. The fourth-order valence-electron chi connectivity index (χ4n) is 1.30. The second-order valence-electron chi connectivity index (χ2n) is 3.34. The molecule has 2 atom stereocenters. The lowest BCUT2D eigenvalue weighted by molar-refractivity contribution is -0.124. The van der Waals surface area contributed by atoms with Gasteiger partial charge >= 0.3 is 0 Å². The summed E-state index contributed by atoms with van der Waals surface area (Å²) in [4.78, 5) is 11.4. The molecule has 12 heavy (non-hydrogen) atoms. The summed E-state index contributed by atoms with van der Waals surface area (Å²) in [6.07, 6.45) is 0.948. The van der Waals surface area contributed by atoms with Crippen LogP contribution in [0.5, 0.6) is 0 Å². The second-order valence-corrected chi connectivity index (χ2v) is 3.34. The molecule has 4 N–H and O–H groups in total. The van der Waals surface area contributed by atoms with Crippen LogP contribution in [0.3, 0.4) is 0 Å². The summed E-state index contributed by atoms with van der Waals surface area (Å²) in [6, 6.07) is 0.0955. The van der Waals surface area contributed by atoms with Gasteiger partial charge in [-0.1, -0.05) is 0 Å². The molecule has 0 aliphatic carbocycles. The van der Waals surface area contributed by atoms with Crippen LogP contribution in [0.2, 0.25) is 0 Å². The van der Waals surface area contributed by atoms with E-state index in [0.717, 1.165) is 19.5 Å². The molecule has 70 valence electrons. The first-order valence-corrected chi connectivity index (χ1v) is 4.45. The van der Waals surface area contributed by atoms with Crippen molar-refractivity contribution in [2.24, 2.45) is 11.7 Å². The molecule has 1 aliphatic rings. The number of hydrogen-bond donors (Lipinski definition) is 3. The third-order valence-electron chi connectivity index (χ3n) is 2.17. The predicted octanol–water partition coefficient (Wildman–Crippen LogP) is -0.941. The van der Waals surface area contributed by atoms with Crippen molar-refractivity contribution < 1.29 is 4.79 Å². The average molecular weight is 171 g/mol. The number of nitrogens with two attached hydrogens (primary N) is 1. The zero-order valence-electron chi connectivity index (χ0n) is 7.47. The van der Waals surface area contributed by atoms with Gasteiger partial charge in [0.2, 0.25) is 5.91 Å². The van der Waals surface area contributed by atoms with E-state index >= 15 is 0 Å². The van der Waals surface area contributed by atoms with Crippen LogP contribution in [0.4, 0.5) is 0 Å². The number of nitrogens with one attached hydrogen (secondary N) is 2. The van der Waals surface area contributed by atoms with Crippen LogP contribution >= 0.6 is 0 Å². The number of carbonyl (C=O) groups is 1. The molecule has 0 spiro atoms. The van der Waals surface area contributed by atoms with Gasteiger partial charge in [0.15, 0.2) is 0 Å². The molecule has 1 aliphatic heterocycles. The third kappa shape index (κ3) is 2.46. The van der Waals surface area contributed by atoms with E-state index in [-0.39, 0.29) is 17.9 Å². The summed E-state index contributed by atoms with van der Waals surface area (Å²) in [6.45, 7) is 4.18. The van der Waals surface area contributed by atoms with Crippen LogP contribution in [0.15, 0.2) is 0 Å². The summed E-state index contributed by atoms with van der Waals surface area (Å²) in [5, 5.41) is 6.02. The first-order valence-electron chi connectivity index (χ1n) is 4.45. The SMILES string of the molecule is C[C@H](CN)NC(=O)C1CCNC1. The molecular weight excluding hydrogens is 154 g/mol. The second kappa shape index (κ2) is 4.42. The van der Waals surface area contributed by atoms with Crippen LogP contribution in [0, 0.1) is 5.92 Å². The molecule has 4 nitrogen and oxygen atoms in total. The predicted molar refractivity (Wildman–Crippen MR) is 47.6 cm³/mol. The normalized spacial score (nSPS) is 25.3. The Kier molecular flexibility index (Phi) is 3.49. The number of hydrogen-bond acceptors (Lipinski definition) is 3. The summed E-state index contributed by atoms with van der Waals surface area (Å²) >= 11 is 0. The van der Waals surface area contributed by atoms with Gasteiger partial charge in [-0.3, -0.25) is 4.79 Å². The van der Waals surface area contributed by atoms with E-state index in [1.165, 1.54) is 0 Å². The summed E-state index contributed by atoms with van der Waals surface area (Å²) in [5.41, 5.74) is 5.39. The molecule has 0 radical (unpaired) electrons. The van der Waals surface area contributed by atoms with Crippen LogP contribution in [0.25, 0.3) is 0 Å². The lowest BCUT2D eigenvalue weighted by Gasteiger charge is -2.14. The van der Waals surface area contributed by atoms with Crippen molar-refractivity contribution in [2.45, 2.75) is 19.4 Å². The van der Waals surface area contributed by atoms with Gasteiger partial charge in [0.25, 0.3) is 0 Å². The zero-order chi connectivity index (χ0) is 8.97. The maximum atomic E-state index is 11.4. The fraction of sp³-hybridized carbons (Fsp3) is 0.875. The minimum atomic E-state index is 0.0955. The summed E-state index contributed by atoms with van der Waals surface area (Å²) in [5.74, 6) is 0.289. The Bertz CT molecular complexity index is 154. The van der Waals surface area contributed by atoms with Gasteiger partial charge in [-0.25, -0.2) is 0 Å². The van der Waals surface area contributed by atoms with Crippen LogP contribution in [0.1, 0.15) is 13.3 Å². The van der Waals surface area contributed by atoms with E-state index in [0.29, 0.717) is 6.54 Å². The van der Waals surface area contributed by atoms with Crippen molar-refractivity contribution in [1.29, 1.82) is 0 Å². The molecule has 1 heterocycles. The first kappa shape index (κ1) is 9.48. The van der Waals surface area contributed by atoms with Crippen LogP contribution in [-0.2, 0) is 4.79 Å². The van der Waals surface area contributed by atoms with Gasteiger partial charge in [0.05, 0.1) is 5.92 Å². The van der Waals surface area contributed by atoms with Gasteiger partial charge < -0.3 is 16.4 Å². The maximum absolute atomic E-state index is 11.4. The molecule has 0 aromatic carbocycles. The van der Waals surface area contributed by atoms with E-state index in [4.69, 9.17) is 5.73 Å². The molecule has 0 aromatic rings. The van der Waals surface area contributed by atoms with Crippen molar-refractivity contribution in [3.63, 3.8) is 0 Å². The fourth-order valence-corrected chi connectivity index (χ4v) is 1.30. The van der Waals surface area contributed by atoms with E-state index in [9.17, 15) is 4.79 Å². The highest BCUT2D eigenvalue weighted by atomic mass is 16.2. The molecule has 0 bridgehead atoms. The topological polar surface area (TPSA) is 67.1 Å². The van der Waals surface area contributed by atoms with E-state index in [1.807, 2.05) is 6.92 Å². The molecule has 1 amide bonds. The Morgan fingerprint density at radius 3 is 3.08 bits per heavy atom. The largest absolute Gasteiger partial charge is 0.352 e. The van der Waals surface area contributed by atoms with E-state index in [1.54, 1.807) is 0 Å². The van der Waals surface area contributed by atoms with E-state index < -0.39 is 0 Å². The Balaban J connectivity index is 2.27. The van der Waals surface area contributed by atoms with Gasteiger partial charge in [0.1, 0.15) is 0 Å². The summed E-state index contributed by atoms with van der Waals surface area (Å²) in [7, 11) is 0. The molecule has 1 saturated heterocycles. The third-order valence-corrected chi connectivity index (χ3v) is 2.17. The standard InChI is InChI=1S/C8H17N3O/c1-6(4-9)11-8(12)7-2-3-10-5-7/h6-7,10H,2-5,9H2,1H3,(H,11,12)/t6-,7?/m1/s1. The number of amides is 1. The van der Waals surface area contributed by atoms with Crippen molar-refractivity contribution in [2.75, 3.05) is 19.6 Å². The van der Waals surface area contributed by atoms with Gasteiger partial charge in [-0.15, -0.1) is 0 Å². The monoisotopic (exact) mass is 171 g/mol. The Morgan fingerprint density at radius 1 is 1.83 bits per heavy atom. The minimum absolute atomic E-state index is 0.0955. The smallest absolute Gasteiger partial charge is 0.224 e. The lowest BCUT2D eigenvalue weighted by Crippen LogP contribution is -2.41. The molecular formula is C8H17N3O. The Morgan fingerprint density at radius 2 is 2.58 bits per heavy atom. The highest BCUT2D eigenvalue weighted by molar-refractivity contribution is 5.79. The average Bonchev–Trinajstić information content (AvgIpc) is 2.56. The minimum Gasteiger partial charge on any atom is -0.352 e. The molecule has 1 rings (SSSR count).